The van der Waals surface area contributed by atoms with Crippen LogP contribution >= 0.6 is 0 Å². The van der Waals surface area contributed by atoms with Crippen LogP contribution < -0.4 is 20.1 Å². The summed E-state index contributed by atoms with van der Waals surface area (Å²) in [5.41, 5.74) is -3.25. The minimum atomic E-state index is -3.91. The molecule has 5 atom stereocenters. The minimum Gasteiger partial charge on any atom is -0.472 e. The van der Waals surface area contributed by atoms with Crippen LogP contribution in [0.3, 0.4) is 0 Å². The normalized spacial score (nSPS) is 24.5. The lowest BCUT2D eigenvalue weighted by molar-refractivity contribution is -0.143. The zero-order chi connectivity index (χ0) is 36.1. The zero-order valence-corrected chi connectivity index (χ0v) is 29.4. The Morgan fingerprint density at radius 3 is 2.41 bits per heavy atom. The Hall–Kier alpha value is -4.27. The molecule has 4 amide bonds. The summed E-state index contributed by atoms with van der Waals surface area (Å²) < 4.78 is 53.0. The maximum atomic E-state index is 14.3. The summed E-state index contributed by atoms with van der Waals surface area (Å²) in [7, 11) is -3.91. The average molecular weight is 702 g/mol. The van der Waals surface area contributed by atoms with E-state index in [0.717, 1.165) is 0 Å². The number of hydrogen-bond acceptors (Lipinski definition) is 9. The number of fused-ring (bicyclic) bond motifs is 1. The quantitative estimate of drug-likeness (QED) is 0.314. The van der Waals surface area contributed by atoms with Gasteiger partial charge in [-0.3, -0.25) is 19.1 Å². The summed E-state index contributed by atoms with van der Waals surface area (Å²) in [5.74, 6) is -2.98. The van der Waals surface area contributed by atoms with Gasteiger partial charge >= 0.3 is 6.09 Å². The Morgan fingerprint density at radius 2 is 1.82 bits per heavy atom. The van der Waals surface area contributed by atoms with Crippen LogP contribution in [-0.2, 0) is 29.1 Å². The van der Waals surface area contributed by atoms with Gasteiger partial charge in [-0.1, -0.05) is 26.8 Å². The Bertz CT molecular complexity index is 1780. The summed E-state index contributed by atoms with van der Waals surface area (Å²) >= 11 is 0. The highest BCUT2D eigenvalue weighted by atomic mass is 32.2. The fourth-order valence-electron chi connectivity index (χ4n) is 6.01. The van der Waals surface area contributed by atoms with Gasteiger partial charge in [-0.15, -0.1) is 6.58 Å². The Kier molecular flexibility index (Phi) is 9.47. The maximum Gasteiger partial charge on any atom is 0.408 e. The number of halogens is 1. The van der Waals surface area contributed by atoms with Crippen LogP contribution in [0.5, 0.6) is 5.88 Å². The highest BCUT2D eigenvalue weighted by Gasteiger charge is 2.62. The number of alkyl carbamates (subject to hydrolysis) is 1. The molecule has 1 saturated heterocycles. The number of carbonyl (C=O) groups is 4. The predicted octanol–water partition coefficient (Wildman–Crippen LogP) is 3.33. The van der Waals surface area contributed by atoms with E-state index in [1.54, 1.807) is 47.6 Å². The van der Waals surface area contributed by atoms with E-state index < -0.39 is 85.6 Å². The molecule has 0 radical (unpaired) electrons. The maximum absolute atomic E-state index is 14.3. The van der Waals surface area contributed by atoms with E-state index in [1.807, 2.05) is 0 Å². The number of carbonyl (C=O) groups excluding carboxylic acids is 4. The van der Waals surface area contributed by atoms with Crippen LogP contribution in [0.2, 0.25) is 0 Å². The largest absolute Gasteiger partial charge is 0.472 e. The predicted molar refractivity (Wildman–Crippen MR) is 178 cm³/mol. The van der Waals surface area contributed by atoms with E-state index in [0.29, 0.717) is 23.6 Å². The van der Waals surface area contributed by atoms with Gasteiger partial charge in [-0.2, -0.15) is 0 Å². The highest BCUT2D eigenvalue weighted by Crippen LogP contribution is 2.45. The summed E-state index contributed by atoms with van der Waals surface area (Å²) in [6, 6.07) is 3.43. The summed E-state index contributed by atoms with van der Waals surface area (Å²) in [6.07, 6.45) is 2.32. The van der Waals surface area contributed by atoms with Crippen LogP contribution in [0.4, 0.5) is 9.18 Å². The number of aromatic nitrogens is 1. The Morgan fingerprint density at radius 1 is 1.12 bits per heavy atom. The average Bonchev–Trinajstić information content (AvgIpc) is 3.91. The van der Waals surface area contributed by atoms with Gasteiger partial charge in [-0.25, -0.2) is 22.6 Å². The van der Waals surface area contributed by atoms with Gasteiger partial charge in [0.2, 0.25) is 27.7 Å². The molecule has 2 aliphatic carbocycles. The molecule has 1 unspecified atom stereocenters. The first kappa shape index (κ1) is 36.0. The molecule has 266 valence electrons. The lowest BCUT2D eigenvalue weighted by Crippen LogP contribution is -2.60. The summed E-state index contributed by atoms with van der Waals surface area (Å²) in [4.78, 5) is 60.3. The first-order valence-corrected chi connectivity index (χ1v) is 17.8. The van der Waals surface area contributed by atoms with E-state index in [9.17, 15) is 32.0 Å². The topological polar surface area (TPSA) is 173 Å². The van der Waals surface area contributed by atoms with Gasteiger partial charge in [0.1, 0.15) is 35.1 Å². The summed E-state index contributed by atoms with van der Waals surface area (Å²) in [6.45, 7) is 14.0. The number of amides is 4. The standard InChI is InChI=1S/C34H44FN5O8S/c1-8-20-17-34(20,30(43)39-49(45,46)23-10-11-23)38-27(41)25-16-22(47-28-24-12-9-21(35)15-19(24)13-14-36-28)18-40(25)29(42)26(32(2,3)4)37-31(44)48-33(5,6)7/h8-9,12-15,20,22-23,25-26H,1,10-11,16-18H2,2-7H3,(H,37,44)(H,38,41)(H,39,43)/t20?,22-,25+,26-,34-/m1/s1. The Labute approximate surface area is 285 Å². The second-order valence-corrected chi connectivity index (χ2v) is 17.1. The fraction of sp³-hybridized carbons (Fsp3) is 0.559. The third-order valence-electron chi connectivity index (χ3n) is 8.84. The van der Waals surface area contributed by atoms with Crippen LogP contribution in [-0.4, -0.2) is 83.2 Å². The number of pyridine rings is 1. The van der Waals surface area contributed by atoms with Crippen molar-refractivity contribution in [1.82, 2.24) is 25.2 Å². The molecule has 1 aromatic heterocycles. The van der Waals surface area contributed by atoms with Crippen molar-refractivity contribution in [2.75, 3.05) is 6.54 Å². The molecule has 3 N–H and O–H groups in total. The summed E-state index contributed by atoms with van der Waals surface area (Å²) in [5, 5.41) is 5.81. The lowest BCUT2D eigenvalue weighted by atomic mass is 9.85. The molecular formula is C34H44FN5O8S. The van der Waals surface area contributed by atoms with Crippen LogP contribution in [0, 0.1) is 17.2 Å². The van der Waals surface area contributed by atoms with E-state index in [1.165, 1.54) is 35.4 Å². The van der Waals surface area contributed by atoms with Crippen molar-refractivity contribution < 1.29 is 41.5 Å². The molecule has 13 nitrogen and oxygen atoms in total. The van der Waals surface area contributed by atoms with Gasteiger partial charge in [0, 0.05) is 23.9 Å². The van der Waals surface area contributed by atoms with E-state index >= 15 is 0 Å². The lowest BCUT2D eigenvalue weighted by Gasteiger charge is -2.36. The fourth-order valence-corrected chi connectivity index (χ4v) is 7.37. The molecule has 3 fully saturated rings. The molecule has 1 aliphatic heterocycles. The van der Waals surface area contributed by atoms with Crippen molar-refractivity contribution in [1.29, 1.82) is 0 Å². The number of ether oxygens (including phenoxy) is 2. The van der Waals surface area contributed by atoms with E-state index in [2.05, 4.69) is 26.9 Å². The number of benzene rings is 1. The molecule has 5 rings (SSSR count). The second kappa shape index (κ2) is 12.9. The van der Waals surface area contributed by atoms with E-state index in [-0.39, 0.29) is 25.3 Å². The third kappa shape index (κ3) is 7.97. The second-order valence-electron chi connectivity index (χ2n) is 15.1. The number of hydrogen-bond donors (Lipinski definition) is 3. The van der Waals surface area contributed by atoms with Crippen LogP contribution in [0.1, 0.15) is 67.2 Å². The van der Waals surface area contributed by atoms with Gasteiger partial charge in [0.15, 0.2) is 0 Å². The number of nitrogens with zero attached hydrogens (tertiary/aromatic N) is 2. The molecule has 49 heavy (non-hydrogen) atoms. The van der Waals surface area contributed by atoms with Gasteiger partial charge in [-0.05, 0) is 75.1 Å². The van der Waals surface area contributed by atoms with Crippen LogP contribution in [0.25, 0.3) is 10.8 Å². The number of rotatable bonds is 10. The van der Waals surface area contributed by atoms with Crippen molar-refractivity contribution in [3.63, 3.8) is 0 Å². The van der Waals surface area contributed by atoms with Gasteiger partial charge < -0.3 is 25.0 Å². The molecule has 2 heterocycles. The zero-order valence-electron chi connectivity index (χ0n) is 28.5. The monoisotopic (exact) mass is 701 g/mol. The van der Waals surface area contributed by atoms with E-state index in [4.69, 9.17) is 9.47 Å². The minimum absolute atomic E-state index is 0.0308. The molecule has 15 heteroatoms. The SMILES string of the molecule is C=CC1C[C@]1(NC(=O)[C@@H]1C[C@@H](Oc2nccc3cc(F)ccc23)CN1C(=O)[C@@H](NC(=O)OC(C)(C)C)C(C)(C)C)C(=O)NS(=O)(=O)C1CC1. The number of nitrogens with one attached hydrogen (secondary N) is 3. The van der Waals surface area contributed by atoms with Gasteiger partial charge in [0.05, 0.1) is 11.8 Å². The third-order valence-corrected chi connectivity index (χ3v) is 10.7. The highest BCUT2D eigenvalue weighted by molar-refractivity contribution is 7.91. The molecular weight excluding hydrogens is 657 g/mol. The molecule has 2 saturated carbocycles. The number of sulfonamides is 1. The molecule has 3 aliphatic rings. The molecule has 0 bridgehead atoms. The molecule has 2 aromatic rings. The number of likely N-dealkylation sites (tertiary alicyclic amines) is 1. The van der Waals surface area contributed by atoms with Crippen molar-refractivity contribution >= 4 is 44.6 Å². The van der Waals surface area contributed by atoms with Crippen LogP contribution in [0.15, 0.2) is 43.1 Å². The first-order chi connectivity index (χ1) is 22.7. The Balaban J connectivity index is 1.44. The molecule has 0 spiro atoms. The van der Waals surface area contributed by atoms with Crippen molar-refractivity contribution in [2.45, 2.75) is 102 Å². The molecule has 1 aromatic carbocycles. The smallest absolute Gasteiger partial charge is 0.408 e. The van der Waals surface area contributed by atoms with Crippen molar-refractivity contribution in [3.8, 4) is 5.88 Å². The van der Waals surface area contributed by atoms with Crippen molar-refractivity contribution in [2.24, 2.45) is 11.3 Å². The van der Waals surface area contributed by atoms with Crippen molar-refractivity contribution in [3.05, 3.63) is 48.9 Å². The van der Waals surface area contributed by atoms with Gasteiger partial charge in [0.25, 0.3) is 5.91 Å². The first-order valence-electron chi connectivity index (χ1n) is 16.3.